The van der Waals surface area contributed by atoms with Gasteiger partial charge in [0.2, 0.25) is 5.82 Å². The SMILES string of the molecule is Cc1cc(C(=O)N2CCC(F)(c3nc(-c4ccncc4)no3)CC2)n(C)n1. The minimum Gasteiger partial charge on any atom is -0.337 e. The average molecular weight is 370 g/mol. The number of aromatic nitrogens is 5. The smallest absolute Gasteiger partial charge is 0.272 e. The Morgan fingerprint density at radius 3 is 2.59 bits per heavy atom. The summed E-state index contributed by atoms with van der Waals surface area (Å²) in [7, 11) is 1.72. The van der Waals surface area contributed by atoms with Crippen molar-refractivity contribution in [2.75, 3.05) is 13.1 Å². The number of rotatable bonds is 3. The van der Waals surface area contributed by atoms with E-state index in [0.717, 1.165) is 5.69 Å². The van der Waals surface area contributed by atoms with Crippen LogP contribution in [0.5, 0.6) is 0 Å². The number of alkyl halides is 1. The monoisotopic (exact) mass is 370 g/mol. The van der Waals surface area contributed by atoms with Crippen molar-refractivity contribution in [1.82, 2.24) is 29.8 Å². The lowest BCUT2D eigenvalue weighted by molar-refractivity contribution is 0.0243. The topological polar surface area (TPSA) is 89.9 Å². The quantitative estimate of drug-likeness (QED) is 0.703. The Morgan fingerprint density at radius 2 is 1.96 bits per heavy atom. The van der Waals surface area contributed by atoms with Gasteiger partial charge in [-0.2, -0.15) is 10.1 Å². The molecule has 3 aromatic heterocycles. The Hall–Kier alpha value is -3.10. The summed E-state index contributed by atoms with van der Waals surface area (Å²) in [5.41, 5.74) is 0.240. The number of nitrogens with zero attached hydrogens (tertiary/aromatic N) is 6. The largest absolute Gasteiger partial charge is 0.337 e. The second-order valence-corrected chi connectivity index (χ2v) is 6.71. The van der Waals surface area contributed by atoms with Crippen molar-refractivity contribution in [3.05, 3.63) is 47.9 Å². The third kappa shape index (κ3) is 3.20. The van der Waals surface area contributed by atoms with Gasteiger partial charge in [-0.05, 0) is 25.1 Å². The van der Waals surface area contributed by atoms with Gasteiger partial charge in [0.05, 0.1) is 5.69 Å². The van der Waals surface area contributed by atoms with Gasteiger partial charge in [0, 0.05) is 50.9 Å². The first-order valence-electron chi connectivity index (χ1n) is 8.70. The molecule has 1 saturated heterocycles. The number of hydrogen-bond acceptors (Lipinski definition) is 6. The van der Waals surface area contributed by atoms with Gasteiger partial charge in [0.15, 0.2) is 5.67 Å². The molecule has 4 heterocycles. The van der Waals surface area contributed by atoms with Gasteiger partial charge in [-0.3, -0.25) is 14.5 Å². The molecule has 0 N–H and O–H groups in total. The Morgan fingerprint density at radius 1 is 1.26 bits per heavy atom. The number of aryl methyl sites for hydroxylation is 2. The Labute approximate surface area is 155 Å². The van der Waals surface area contributed by atoms with Crippen molar-refractivity contribution in [3.8, 4) is 11.4 Å². The van der Waals surface area contributed by atoms with Gasteiger partial charge < -0.3 is 9.42 Å². The molecule has 4 rings (SSSR count). The number of carbonyl (C=O) groups is 1. The van der Waals surface area contributed by atoms with Crippen molar-refractivity contribution in [3.63, 3.8) is 0 Å². The highest BCUT2D eigenvalue weighted by Gasteiger charge is 2.43. The van der Waals surface area contributed by atoms with Crippen LogP contribution in [0.1, 0.15) is 34.9 Å². The number of halogens is 1. The molecule has 0 spiro atoms. The van der Waals surface area contributed by atoms with Crippen LogP contribution in [0.4, 0.5) is 4.39 Å². The van der Waals surface area contributed by atoms with Gasteiger partial charge in [-0.15, -0.1) is 0 Å². The molecule has 0 radical (unpaired) electrons. The number of likely N-dealkylation sites (tertiary alicyclic amines) is 1. The third-order valence-electron chi connectivity index (χ3n) is 4.81. The van der Waals surface area contributed by atoms with Crippen LogP contribution in [0.2, 0.25) is 0 Å². The minimum absolute atomic E-state index is 0.0437. The zero-order valence-electron chi connectivity index (χ0n) is 15.1. The van der Waals surface area contributed by atoms with E-state index in [1.807, 2.05) is 6.92 Å². The van der Waals surface area contributed by atoms with Crippen molar-refractivity contribution in [2.45, 2.75) is 25.4 Å². The molecule has 0 saturated carbocycles. The number of carbonyl (C=O) groups excluding carboxylic acids is 1. The van der Waals surface area contributed by atoms with E-state index >= 15 is 4.39 Å². The van der Waals surface area contributed by atoms with E-state index in [1.165, 1.54) is 0 Å². The average Bonchev–Trinajstić information content (AvgIpc) is 3.30. The molecule has 140 valence electrons. The van der Waals surface area contributed by atoms with E-state index < -0.39 is 5.67 Å². The Balaban J connectivity index is 1.47. The zero-order chi connectivity index (χ0) is 19.0. The maximum Gasteiger partial charge on any atom is 0.272 e. The molecule has 27 heavy (non-hydrogen) atoms. The molecule has 0 atom stereocenters. The summed E-state index contributed by atoms with van der Waals surface area (Å²) in [6, 6.07) is 5.20. The van der Waals surface area contributed by atoms with Crippen LogP contribution in [-0.4, -0.2) is 48.8 Å². The zero-order valence-corrected chi connectivity index (χ0v) is 15.1. The van der Waals surface area contributed by atoms with Crippen LogP contribution in [-0.2, 0) is 12.7 Å². The van der Waals surface area contributed by atoms with Crippen molar-refractivity contribution >= 4 is 5.91 Å². The predicted octanol–water partition coefficient (Wildman–Crippen LogP) is 2.27. The normalized spacial score (nSPS) is 16.5. The summed E-state index contributed by atoms with van der Waals surface area (Å²) in [5.74, 6) is 0.134. The minimum atomic E-state index is -1.74. The van der Waals surface area contributed by atoms with E-state index in [0.29, 0.717) is 17.1 Å². The standard InChI is InChI=1S/C18H19FN6O2/c1-12-11-14(24(2)22-12)16(26)25-9-5-18(19,6-10-25)17-21-15(23-27-17)13-3-7-20-8-4-13/h3-4,7-8,11H,5-6,9-10H2,1-2H3. The van der Waals surface area contributed by atoms with Crippen LogP contribution in [0.15, 0.2) is 35.1 Å². The van der Waals surface area contributed by atoms with E-state index in [4.69, 9.17) is 4.52 Å². The van der Waals surface area contributed by atoms with Crippen molar-refractivity contribution < 1.29 is 13.7 Å². The third-order valence-corrected chi connectivity index (χ3v) is 4.81. The highest BCUT2D eigenvalue weighted by Crippen LogP contribution is 2.37. The molecule has 1 fully saturated rings. The molecule has 0 aliphatic carbocycles. The lowest BCUT2D eigenvalue weighted by Crippen LogP contribution is -2.44. The van der Waals surface area contributed by atoms with E-state index in [9.17, 15) is 4.79 Å². The fourth-order valence-corrected chi connectivity index (χ4v) is 3.27. The second-order valence-electron chi connectivity index (χ2n) is 6.71. The summed E-state index contributed by atoms with van der Waals surface area (Å²) in [4.78, 5) is 22.4. The van der Waals surface area contributed by atoms with Crippen molar-refractivity contribution in [2.24, 2.45) is 7.05 Å². The highest BCUT2D eigenvalue weighted by molar-refractivity contribution is 5.92. The van der Waals surface area contributed by atoms with Gasteiger partial charge >= 0.3 is 0 Å². The van der Waals surface area contributed by atoms with Crippen LogP contribution < -0.4 is 0 Å². The van der Waals surface area contributed by atoms with E-state index in [-0.39, 0.29) is 37.7 Å². The molecular formula is C18H19FN6O2. The molecule has 3 aromatic rings. The van der Waals surface area contributed by atoms with E-state index in [2.05, 4.69) is 20.2 Å². The molecular weight excluding hydrogens is 351 g/mol. The number of hydrogen-bond donors (Lipinski definition) is 0. The fourth-order valence-electron chi connectivity index (χ4n) is 3.27. The molecule has 1 amide bonds. The molecule has 8 nitrogen and oxygen atoms in total. The molecule has 0 unspecified atom stereocenters. The Kier molecular flexibility index (Phi) is 4.21. The highest BCUT2D eigenvalue weighted by atomic mass is 19.1. The van der Waals surface area contributed by atoms with Gasteiger partial charge in [-0.1, -0.05) is 5.16 Å². The fraction of sp³-hybridized carbons (Fsp3) is 0.389. The molecule has 1 aliphatic rings. The summed E-state index contributed by atoms with van der Waals surface area (Å²) >= 11 is 0. The van der Waals surface area contributed by atoms with Gasteiger partial charge in [-0.25, -0.2) is 4.39 Å². The van der Waals surface area contributed by atoms with E-state index in [1.54, 1.807) is 47.2 Å². The number of piperidine rings is 1. The van der Waals surface area contributed by atoms with Gasteiger partial charge in [0.25, 0.3) is 11.8 Å². The molecule has 0 aromatic carbocycles. The summed E-state index contributed by atoms with van der Waals surface area (Å²) in [5, 5.41) is 8.07. The van der Waals surface area contributed by atoms with Crippen molar-refractivity contribution in [1.29, 1.82) is 0 Å². The number of amides is 1. The first-order chi connectivity index (χ1) is 13.0. The predicted molar refractivity (Wildman–Crippen MR) is 93.4 cm³/mol. The van der Waals surface area contributed by atoms with Crippen LogP contribution in [0.3, 0.4) is 0 Å². The molecule has 9 heteroatoms. The first kappa shape index (κ1) is 17.3. The maximum absolute atomic E-state index is 15.4. The Bertz CT molecular complexity index is 959. The maximum atomic E-state index is 15.4. The van der Waals surface area contributed by atoms with Crippen LogP contribution in [0.25, 0.3) is 11.4 Å². The summed E-state index contributed by atoms with van der Waals surface area (Å²) in [6.45, 7) is 2.37. The van der Waals surface area contributed by atoms with Crippen LogP contribution in [0, 0.1) is 6.92 Å². The second kappa shape index (κ2) is 6.57. The molecule has 0 bridgehead atoms. The van der Waals surface area contributed by atoms with Crippen LogP contribution >= 0.6 is 0 Å². The molecule has 1 aliphatic heterocycles. The summed E-state index contributed by atoms with van der Waals surface area (Å²) < 4.78 is 22.1. The summed E-state index contributed by atoms with van der Waals surface area (Å²) in [6.07, 6.45) is 3.43. The van der Waals surface area contributed by atoms with Gasteiger partial charge in [0.1, 0.15) is 5.69 Å². The first-order valence-corrected chi connectivity index (χ1v) is 8.70. The lowest BCUT2D eigenvalue weighted by atomic mass is 9.93. The lowest BCUT2D eigenvalue weighted by Gasteiger charge is -2.34. The number of pyridine rings is 1.